The van der Waals surface area contributed by atoms with Gasteiger partial charge in [0.25, 0.3) is 6.10 Å². The summed E-state index contributed by atoms with van der Waals surface area (Å²) in [5.41, 5.74) is 0. The van der Waals surface area contributed by atoms with Crippen LogP contribution in [-0.4, -0.2) is 35.4 Å². The molecule has 1 aromatic carbocycles. The third kappa shape index (κ3) is 2.88. The minimum Gasteiger partial charge on any atom is -0.497 e. The molecule has 0 spiro atoms. The van der Waals surface area contributed by atoms with E-state index >= 15 is 0 Å². The average Bonchev–Trinajstić information content (AvgIpc) is 2.25. The van der Waals surface area contributed by atoms with Crippen molar-refractivity contribution in [2.75, 3.05) is 7.11 Å². The van der Waals surface area contributed by atoms with Crippen LogP contribution < -0.4 is 9.47 Å². The zero-order valence-electron chi connectivity index (χ0n) is 8.41. The minimum atomic E-state index is -1.91. The van der Waals surface area contributed by atoms with E-state index in [4.69, 9.17) is 19.7 Å². The van der Waals surface area contributed by atoms with Crippen LogP contribution in [0.4, 0.5) is 0 Å². The number of methoxy groups -OCH3 is 1. The maximum Gasteiger partial charge on any atom is 0.356 e. The molecule has 0 radical (unpaired) electrons. The lowest BCUT2D eigenvalue weighted by atomic mass is 10.3. The molecular weight excluding hydrogens is 216 g/mol. The van der Waals surface area contributed by atoms with Gasteiger partial charge in [-0.15, -0.1) is 0 Å². The molecule has 0 aliphatic heterocycles. The second-order valence-electron chi connectivity index (χ2n) is 2.85. The molecule has 0 amide bonds. The number of carboxylic acids is 2. The Balaban J connectivity index is 2.77. The minimum absolute atomic E-state index is 0.149. The van der Waals surface area contributed by atoms with Gasteiger partial charge in [0, 0.05) is 0 Å². The van der Waals surface area contributed by atoms with Crippen molar-refractivity contribution < 1.29 is 29.3 Å². The number of ether oxygens (including phenoxy) is 2. The highest BCUT2D eigenvalue weighted by Gasteiger charge is 2.27. The summed E-state index contributed by atoms with van der Waals surface area (Å²) in [7, 11) is 1.48. The fourth-order valence-corrected chi connectivity index (χ4v) is 0.997. The highest BCUT2D eigenvalue weighted by atomic mass is 16.5. The maximum atomic E-state index is 10.5. The summed E-state index contributed by atoms with van der Waals surface area (Å²) in [6, 6.07) is 5.93. The first-order chi connectivity index (χ1) is 7.54. The molecule has 0 aliphatic rings. The number of carbonyl (C=O) groups is 2. The van der Waals surface area contributed by atoms with E-state index in [2.05, 4.69) is 0 Å². The summed E-state index contributed by atoms with van der Waals surface area (Å²) in [6.07, 6.45) is -1.91. The highest BCUT2D eigenvalue weighted by Crippen LogP contribution is 2.18. The van der Waals surface area contributed by atoms with Crippen molar-refractivity contribution in [3.63, 3.8) is 0 Å². The van der Waals surface area contributed by atoms with Gasteiger partial charge in [0.05, 0.1) is 7.11 Å². The lowest BCUT2D eigenvalue weighted by Gasteiger charge is -2.10. The first-order valence-electron chi connectivity index (χ1n) is 4.31. The van der Waals surface area contributed by atoms with Gasteiger partial charge in [-0.3, -0.25) is 0 Å². The molecule has 2 N–H and O–H groups in total. The smallest absolute Gasteiger partial charge is 0.356 e. The second-order valence-corrected chi connectivity index (χ2v) is 2.85. The molecule has 0 aromatic heterocycles. The summed E-state index contributed by atoms with van der Waals surface area (Å²) >= 11 is 0. The van der Waals surface area contributed by atoms with Gasteiger partial charge in [0.2, 0.25) is 0 Å². The van der Waals surface area contributed by atoms with Crippen molar-refractivity contribution in [3.05, 3.63) is 24.3 Å². The SMILES string of the molecule is COc1ccc(OC(C(=O)O)C(=O)O)cc1. The third-order valence-corrected chi connectivity index (χ3v) is 1.76. The highest BCUT2D eigenvalue weighted by molar-refractivity contribution is 5.96. The topological polar surface area (TPSA) is 93.1 Å². The number of carboxylic acid groups (broad SMARTS) is 2. The van der Waals surface area contributed by atoms with Crippen LogP contribution in [0.1, 0.15) is 0 Å². The van der Waals surface area contributed by atoms with Gasteiger partial charge in [-0.25, -0.2) is 9.59 Å². The average molecular weight is 226 g/mol. The van der Waals surface area contributed by atoms with E-state index < -0.39 is 18.0 Å². The normalized spacial score (nSPS) is 9.88. The third-order valence-electron chi connectivity index (χ3n) is 1.76. The number of hydrogen-bond acceptors (Lipinski definition) is 4. The molecule has 0 saturated heterocycles. The van der Waals surface area contributed by atoms with Crippen LogP contribution >= 0.6 is 0 Å². The van der Waals surface area contributed by atoms with Crippen LogP contribution in [-0.2, 0) is 9.59 Å². The summed E-state index contributed by atoms with van der Waals surface area (Å²) in [6.45, 7) is 0. The fraction of sp³-hybridized carbons (Fsp3) is 0.200. The van der Waals surface area contributed by atoms with Crippen LogP contribution in [0.2, 0.25) is 0 Å². The monoisotopic (exact) mass is 226 g/mol. The summed E-state index contributed by atoms with van der Waals surface area (Å²) in [4.78, 5) is 21.1. The Labute approximate surface area is 91.0 Å². The molecular formula is C10H10O6. The quantitative estimate of drug-likeness (QED) is 0.714. The van der Waals surface area contributed by atoms with Crippen LogP contribution in [0, 0.1) is 0 Å². The molecule has 16 heavy (non-hydrogen) atoms. The molecule has 0 unspecified atom stereocenters. The number of hydrogen-bond donors (Lipinski definition) is 2. The molecule has 0 aliphatic carbocycles. The Morgan fingerprint density at radius 1 is 1.06 bits per heavy atom. The Kier molecular flexibility index (Phi) is 3.71. The first kappa shape index (κ1) is 11.8. The molecule has 1 rings (SSSR count). The van der Waals surface area contributed by atoms with E-state index in [9.17, 15) is 9.59 Å². The standard InChI is InChI=1S/C10H10O6/c1-15-6-2-4-7(5-3-6)16-8(9(11)12)10(13)14/h2-5,8H,1H3,(H,11,12)(H,13,14). The van der Waals surface area contributed by atoms with Crippen molar-refractivity contribution in [3.8, 4) is 11.5 Å². The molecule has 0 saturated carbocycles. The van der Waals surface area contributed by atoms with Crippen LogP contribution in [0.15, 0.2) is 24.3 Å². The Bertz CT molecular complexity index is 369. The summed E-state index contributed by atoms with van der Waals surface area (Å²) in [5.74, 6) is -2.39. The van der Waals surface area contributed by atoms with Crippen molar-refractivity contribution in [2.24, 2.45) is 0 Å². The molecule has 86 valence electrons. The van der Waals surface area contributed by atoms with Gasteiger partial charge < -0.3 is 19.7 Å². The lowest BCUT2D eigenvalue weighted by molar-refractivity contribution is -0.159. The van der Waals surface area contributed by atoms with Crippen molar-refractivity contribution >= 4 is 11.9 Å². The number of aliphatic carboxylic acids is 2. The fourth-order valence-electron chi connectivity index (χ4n) is 0.997. The Hall–Kier alpha value is -2.24. The number of rotatable bonds is 5. The van der Waals surface area contributed by atoms with E-state index in [0.717, 1.165) is 0 Å². The largest absolute Gasteiger partial charge is 0.497 e. The summed E-state index contributed by atoms with van der Waals surface area (Å²) < 4.78 is 9.66. The number of benzene rings is 1. The van der Waals surface area contributed by atoms with Crippen molar-refractivity contribution in [1.82, 2.24) is 0 Å². The lowest BCUT2D eigenvalue weighted by Crippen LogP contribution is -2.35. The van der Waals surface area contributed by atoms with Gasteiger partial charge in [-0.2, -0.15) is 0 Å². The molecule has 0 heterocycles. The van der Waals surface area contributed by atoms with Gasteiger partial charge in [-0.05, 0) is 24.3 Å². The zero-order chi connectivity index (χ0) is 12.1. The van der Waals surface area contributed by atoms with Crippen LogP contribution in [0.3, 0.4) is 0 Å². The zero-order valence-corrected chi connectivity index (χ0v) is 8.41. The van der Waals surface area contributed by atoms with E-state index in [-0.39, 0.29) is 5.75 Å². The summed E-state index contributed by atoms with van der Waals surface area (Å²) in [5, 5.41) is 17.2. The Morgan fingerprint density at radius 2 is 1.50 bits per heavy atom. The van der Waals surface area contributed by atoms with Gasteiger partial charge in [0.15, 0.2) is 0 Å². The first-order valence-corrected chi connectivity index (χ1v) is 4.31. The maximum absolute atomic E-state index is 10.5. The van der Waals surface area contributed by atoms with Gasteiger partial charge in [-0.1, -0.05) is 0 Å². The van der Waals surface area contributed by atoms with Gasteiger partial charge >= 0.3 is 11.9 Å². The van der Waals surface area contributed by atoms with Crippen LogP contribution in [0.25, 0.3) is 0 Å². The Morgan fingerprint density at radius 3 is 1.88 bits per heavy atom. The van der Waals surface area contributed by atoms with Gasteiger partial charge in [0.1, 0.15) is 11.5 Å². The van der Waals surface area contributed by atoms with E-state index in [1.807, 2.05) is 0 Å². The molecule has 0 fully saturated rings. The molecule has 6 heteroatoms. The molecule has 0 bridgehead atoms. The molecule has 6 nitrogen and oxygen atoms in total. The van der Waals surface area contributed by atoms with E-state index in [1.165, 1.54) is 31.4 Å². The predicted molar refractivity (Wildman–Crippen MR) is 52.7 cm³/mol. The molecule has 0 atom stereocenters. The van der Waals surface area contributed by atoms with Crippen molar-refractivity contribution in [1.29, 1.82) is 0 Å². The van der Waals surface area contributed by atoms with E-state index in [0.29, 0.717) is 5.75 Å². The van der Waals surface area contributed by atoms with E-state index in [1.54, 1.807) is 0 Å². The second kappa shape index (κ2) is 5.01. The van der Waals surface area contributed by atoms with Crippen LogP contribution in [0.5, 0.6) is 11.5 Å². The predicted octanol–water partition coefficient (Wildman–Crippen LogP) is 0.612. The van der Waals surface area contributed by atoms with Crippen molar-refractivity contribution in [2.45, 2.75) is 6.10 Å². The molecule has 1 aromatic rings.